The van der Waals surface area contributed by atoms with Crippen LogP contribution in [0.15, 0.2) is 30.3 Å². The number of para-hydroxylation sites is 1. The first-order valence-electron chi connectivity index (χ1n) is 10.1. The number of piperidine rings is 1. The lowest BCUT2D eigenvalue weighted by molar-refractivity contribution is -0.122. The molecule has 1 saturated carbocycles. The van der Waals surface area contributed by atoms with Gasteiger partial charge in [0.2, 0.25) is 5.91 Å². The molecule has 0 unspecified atom stereocenters. The fraction of sp³-hybridized carbons (Fsp3) is 0.545. The third-order valence-electron chi connectivity index (χ3n) is 6.04. The standard InChI is InChI=1S/C22H29N3O/c1-16-14-21(24-20-9-5-4-8-19(16)20)25-12-10-17(11-13-25)15-22(26)23-18-6-2-3-7-18/h4-5,8-9,14,17-18H,2-3,6-7,10-13,15H2,1H3,(H,23,26). The molecule has 0 bridgehead atoms. The van der Waals surface area contributed by atoms with Gasteiger partial charge < -0.3 is 10.2 Å². The van der Waals surface area contributed by atoms with Gasteiger partial charge in [-0.25, -0.2) is 4.98 Å². The van der Waals surface area contributed by atoms with Crippen molar-refractivity contribution in [2.24, 2.45) is 5.92 Å². The van der Waals surface area contributed by atoms with E-state index in [0.29, 0.717) is 18.4 Å². The number of aryl methyl sites for hydroxylation is 1. The van der Waals surface area contributed by atoms with Crippen molar-refractivity contribution >= 4 is 22.6 Å². The minimum Gasteiger partial charge on any atom is -0.357 e. The number of pyridine rings is 1. The van der Waals surface area contributed by atoms with Gasteiger partial charge in [0.25, 0.3) is 0 Å². The highest BCUT2D eigenvalue weighted by molar-refractivity contribution is 5.83. The summed E-state index contributed by atoms with van der Waals surface area (Å²) in [5.41, 5.74) is 2.35. The van der Waals surface area contributed by atoms with Crippen molar-refractivity contribution in [3.05, 3.63) is 35.9 Å². The molecule has 0 radical (unpaired) electrons. The Hall–Kier alpha value is -2.10. The van der Waals surface area contributed by atoms with Crippen LogP contribution in [0, 0.1) is 12.8 Å². The van der Waals surface area contributed by atoms with Gasteiger partial charge in [0, 0.05) is 30.9 Å². The zero-order valence-electron chi connectivity index (χ0n) is 15.7. The van der Waals surface area contributed by atoms with E-state index in [2.05, 4.69) is 41.4 Å². The Morgan fingerprint density at radius 1 is 1.15 bits per heavy atom. The van der Waals surface area contributed by atoms with Gasteiger partial charge in [-0.15, -0.1) is 0 Å². The highest BCUT2D eigenvalue weighted by Crippen LogP contribution is 2.27. The molecule has 1 saturated heterocycles. The lowest BCUT2D eigenvalue weighted by atomic mass is 9.93. The van der Waals surface area contributed by atoms with Crippen molar-refractivity contribution in [2.45, 2.75) is 57.9 Å². The van der Waals surface area contributed by atoms with E-state index in [0.717, 1.165) is 50.1 Å². The van der Waals surface area contributed by atoms with Gasteiger partial charge in [-0.05, 0) is 56.2 Å². The van der Waals surface area contributed by atoms with E-state index in [1.165, 1.54) is 23.8 Å². The van der Waals surface area contributed by atoms with Crippen LogP contribution in [0.4, 0.5) is 5.82 Å². The molecule has 1 amide bonds. The van der Waals surface area contributed by atoms with E-state index in [9.17, 15) is 4.79 Å². The Balaban J connectivity index is 1.34. The van der Waals surface area contributed by atoms with Crippen LogP contribution in [0.3, 0.4) is 0 Å². The average molecular weight is 351 g/mol. The fourth-order valence-corrected chi connectivity index (χ4v) is 4.48. The zero-order chi connectivity index (χ0) is 17.9. The van der Waals surface area contributed by atoms with Gasteiger partial charge >= 0.3 is 0 Å². The van der Waals surface area contributed by atoms with Crippen molar-refractivity contribution in [1.82, 2.24) is 10.3 Å². The van der Waals surface area contributed by atoms with Crippen molar-refractivity contribution in [3.63, 3.8) is 0 Å². The first-order valence-corrected chi connectivity index (χ1v) is 10.1. The predicted octanol–water partition coefficient (Wildman–Crippen LogP) is 4.21. The second-order valence-corrected chi connectivity index (χ2v) is 8.00. The predicted molar refractivity (Wildman–Crippen MR) is 106 cm³/mol. The van der Waals surface area contributed by atoms with Gasteiger partial charge in [0.1, 0.15) is 5.82 Å². The molecule has 138 valence electrons. The first kappa shape index (κ1) is 17.3. The summed E-state index contributed by atoms with van der Waals surface area (Å²) in [6.07, 6.45) is 7.70. The van der Waals surface area contributed by atoms with E-state index in [1.807, 2.05) is 6.07 Å². The Labute approximate surface area is 156 Å². The highest BCUT2D eigenvalue weighted by Gasteiger charge is 2.24. The summed E-state index contributed by atoms with van der Waals surface area (Å²) >= 11 is 0. The van der Waals surface area contributed by atoms with E-state index < -0.39 is 0 Å². The second-order valence-electron chi connectivity index (χ2n) is 8.00. The maximum atomic E-state index is 12.3. The molecule has 2 aliphatic rings. The fourth-order valence-electron chi connectivity index (χ4n) is 4.48. The van der Waals surface area contributed by atoms with Crippen LogP contribution in [-0.2, 0) is 4.79 Å². The summed E-state index contributed by atoms with van der Waals surface area (Å²) in [7, 11) is 0. The van der Waals surface area contributed by atoms with E-state index in [4.69, 9.17) is 4.98 Å². The first-order chi connectivity index (χ1) is 12.7. The number of rotatable bonds is 4. The Morgan fingerprint density at radius 2 is 1.88 bits per heavy atom. The van der Waals surface area contributed by atoms with Crippen LogP contribution in [0.2, 0.25) is 0 Å². The van der Waals surface area contributed by atoms with E-state index in [-0.39, 0.29) is 5.91 Å². The monoisotopic (exact) mass is 351 g/mol. The van der Waals surface area contributed by atoms with Gasteiger partial charge in [-0.3, -0.25) is 4.79 Å². The lowest BCUT2D eigenvalue weighted by Gasteiger charge is -2.33. The van der Waals surface area contributed by atoms with E-state index >= 15 is 0 Å². The number of benzene rings is 1. The van der Waals surface area contributed by atoms with Crippen LogP contribution in [-0.4, -0.2) is 30.0 Å². The van der Waals surface area contributed by atoms with Crippen LogP contribution in [0.5, 0.6) is 0 Å². The van der Waals surface area contributed by atoms with Crippen molar-refractivity contribution < 1.29 is 4.79 Å². The molecule has 4 nitrogen and oxygen atoms in total. The molecular formula is C22H29N3O. The Morgan fingerprint density at radius 3 is 2.65 bits per heavy atom. The number of amides is 1. The number of aromatic nitrogens is 1. The molecule has 26 heavy (non-hydrogen) atoms. The number of carbonyl (C=O) groups excluding carboxylic acids is 1. The van der Waals surface area contributed by atoms with Crippen LogP contribution in [0.1, 0.15) is 50.5 Å². The topological polar surface area (TPSA) is 45.2 Å². The molecule has 4 heteroatoms. The maximum absolute atomic E-state index is 12.3. The third kappa shape index (κ3) is 3.84. The molecule has 1 aromatic carbocycles. The van der Waals surface area contributed by atoms with Crippen molar-refractivity contribution in [2.75, 3.05) is 18.0 Å². The second kappa shape index (κ2) is 7.65. The van der Waals surface area contributed by atoms with Gasteiger partial charge in [-0.1, -0.05) is 31.0 Å². The Bertz CT molecular complexity index is 774. The number of hydrogen-bond donors (Lipinski definition) is 1. The minimum atomic E-state index is 0.259. The number of nitrogens with zero attached hydrogens (tertiary/aromatic N) is 2. The average Bonchev–Trinajstić information content (AvgIpc) is 3.15. The van der Waals surface area contributed by atoms with Crippen LogP contribution in [0.25, 0.3) is 10.9 Å². The SMILES string of the molecule is Cc1cc(N2CCC(CC(=O)NC3CCCC3)CC2)nc2ccccc12. The maximum Gasteiger partial charge on any atom is 0.220 e. The number of hydrogen-bond acceptors (Lipinski definition) is 3. The Kier molecular flexibility index (Phi) is 5.09. The molecule has 1 aliphatic heterocycles. The van der Waals surface area contributed by atoms with Gasteiger partial charge in [0.15, 0.2) is 0 Å². The molecule has 0 atom stereocenters. The molecular weight excluding hydrogens is 322 g/mol. The summed E-state index contributed by atoms with van der Waals surface area (Å²) in [5, 5.41) is 4.46. The summed E-state index contributed by atoms with van der Waals surface area (Å²) in [5.74, 6) is 1.85. The van der Waals surface area contributed by atoms with Crippen LogP contribution >= 0.6 is 0 Å². The molecule has 2 fully saturated rings. The lowest BCUT2D eigenvalue weighted by Crippen LogP contribution is -2.38. The number of carbonyl (C=O) groups is 1. The number of anilines is 1. The summed E-state index contributed by atoms with van der Waals surface area (Å²) < 4.78 is 0. The van der Waals surface area contributed by atoms with Gasteiger partial charge in [0.05, 0.1) is 5.52 Å². The molecule has 2 heterocycles. The minimum absolute atomic E-state index is 0.259. The largest absolute Gasteiger partial charge is 0.357 e. The van der Waals surface area contributed by atoms with Gasteiger partial charge in [-0.2, -0.15) is 0 Å². The third-order valence-corrected chi connectivity index (χ3v) is 6.04. The molecule has 4 rings (SSSR count). The summed E-state index contributed by atoms with van der Waals surface area (Å²) in [6.45, 7) is 4.14. The zero-order valence-corrected chi connectivity index (χ0v) is 15.7. The van der Waals surface area contributed by atoms with Crippen molar-refractivity contribution in [1.29, 1.82) is 0 Å². The smallest absolute Gasteiger partial charge is 0.220 e. The normalized spacial score (nSPS) is 19.2. The molecule has 2 aromatic rings. The highest BCUT2D eigenvalue weighted by atomic mass is 16.1. The summed E-state index contributed by atoms with van der Waals surface area (Å²) in [4.78, 5) is 19.5. The molecule has 0 spiro atoms. The quantitative estimate of drug-likeness (QED) is 0.897. The summed E-state index contributed by atoms with van der Waals surface area (Å²) in [6, 6.07) is 11.0. The van der Waals surface area contributed by atoms with E-state index in [1.54, 1.807) is 0 Å². The molecule has 1 aromatic heterocycles. The van der Waals surface area contributed by atoms with Crippen LogP contribution < -0.4 is 10.2 Å². The number of nitrogens with one attached hydrogen (secondary N) is 1. The molecule has 1 aliphatic carbocycles. The number of fused-ring (bicyclic) bond motifs is 1. The van der Waals surface area contributed by atoms with Crippen molar-refractivity contribution in [3.8, 4) is 0 Å². The molecule has 1 N–H and O–H groups in total.